The first-order valence-electron chi connectivity index (χ1n) is 7.23. The summed E-state index contributed by atoms with van der Waals surface area (Å²) in [7, 11) is 0. The fourth-order valence-electron chi connectivity index (χ4n) is 2.35. The van der Waals surface area contributed by atoms with Crippen molar-refractivity contribution in [2.45, 2.75) is 12.8 Å². The number of aromatic nitrogens is 1. The Morgan fingerprint density at radius 1 is 1.08 bits per heavy atom. The maximum absolute atomic E-state index is 11.9. The summed E-state index contributed by atoms with van der Waals surface area (Å²) in [6.07, 6.45) is 0.802. The van der Waals surface area contributed by atoms with E-state index in [9.17, 15) is 9.90 Å². The molecule has 2 aromatic carbocycles. The molecule has 3 rings (SSSR count). The number of hydrogen-bond donors (Lipinski definition) is 2. The molecule has 0 unspecified atom stereocenters. The number of nitrogens with one attached hydrogen (secondary N) is 1. The molecular weight excluding hydrogens is 349 g/mol. The van der Waals surface area contributed by atoms with Gasteiger partial charge in [-0.05, 0) is 24.1 Å². The average molecular weight is 362 g/mol. The highest BCUT2D eigenvalue weighted by molar-refractivity contribution is 6.41. The third-order valence-corrected chi connectivity index (χ3v) is 4.17. The second-order valence-electron chi connectivity index (χ2n) is 5.18. The van der Waals surface area contributed by atoms with E-state index in [1.54, 1.807) is 12.1 Å². The maximum Gasteiger partial charge on any atom is 0.265 e. The van der Waals surface area contributed by atoms with Gasteiger partial charge in [-0.25, -0.2) is 0 Å². The Bertz CT molecular complexity index is 920. The first-order chi connectivity index (χ1) is 11.6. The van der Waals surface area contributed by atoms with Crippen LogP contribution in [0.3, 0.4) is 0 Å². The molecule has 1 heterocycles. The number of rotatable bonds is 4. The third-order valence-electron chi connectivity index (χ3n) is 3.54. The van der Waals surface area contributed by atoms with Gasteiger partial charge < -0.3 is 10.1 Å². The summed E-state index contributed by atoms with van der Waals surface area (Å²) in [5, 5.41) is 18.7. The van der Waals surface area contributed by atoms with Crippen molar-refractivity contribution in [3.05, 3.63) is 58.1 Å². The number of halogens is 2. The van der Waals surface area contributed by atoms with Crippen LogP contribution in [0.25, 0.3) is 10.9 Å². The molecule has 1 aromatic heterocycles. The molecular formula is C17H13Cl2N3O2. The van der Waals surface area contributed by atoms with E-state index in [0.717, 1.165) is 5.56 Å². The van der Waals surface area contributed by atoms with Gasteiger partial charge in [0.15, 0.2) is 5.69 Å². The first-order valence-corrected chi connectivity index (χ1v) is 7.99. The van der Waals surface area contributed by atoms with Gasteiger partial charge in [0.2, 0.25) is 5.88 Å². The van der Waals surface area contributed by atoms with Crippen molar-refractivity contribution in [2.75, 3.05) is 0 Å². The summed E-state index contributed by atoms with van der Waals surface area (Å²) in [5.74, 6) is -0.620. The zero-order chi connectivity index (χ0) is 17.1. The van der Waals surface area contributed by atoms with E-state index in [1.165, 1.54) is 0 Å². The Morgan fingerprint density at radius 2 is 1.79 bits per heavy atom. The summed E-state index contributed by atoms with van der Waals surface area (Å²) >= 11 is 12.2. The topological polar surface area (TPSA) is 77.8 Å². The molecule has 0 radical (unpaired) electrons. The molecule has 0 bridgehead atoms. The second-order valence-corrected chi connectivity index (χ2v) is 6.00. The largest absolute Gasteiger partial charge is 0.493 e. The van der Waals surface area contributed by atoms with Crippen molar-refractivity contribution < 1.29 is 9.90 Å². The number of amides is 1. The molecule has 24 heavy (non-hydrogen) atoms. The normalized spacial score (nSPS) is 11.4. The van der Waals surface area contributed by atoms with Crippen molar-refractivity contribution >= 4 is 45.7 Å². The molecule has 3 aromatic rings. The number of aryl methyl sites for hydroxylation is 1. The van der Waals surface area contributed by atoms with Crippen LogP contribution in [-0.4, -0.2) is 16.0 Å². The molecule has 0 saturated heterocycles. The highest BCUT2D eigenvalue weighted by Gasteiger charge is 2.16. The molecule has 0 atom stereocenters. The van der Waals surface area contributed by atoms with Crippen LogP contribution in [0.15, 0.2) is 52.7 Å². The number of hydrogen-bond acceptors (Lipinski definition) is 3. The maximum atomic E-state index is 11.9. The van der Waals surface area contributed by atoms with Gasteiger partial charge in [0.25, 0.3) is 5.91 Å². The Balaban J connectivity index is 1.79. The Labute approximate surface area is 147 Å². The van der Waals surface area contributed by atoms with Crippen LogP contribution in [0.2, 0.25) is 10.0 Å². The lowest BCUT2D eigenvalue weighted by molar-refractivity contribution is -0.118. The van der Waals surface area contributed by atoms with Gasteiger partial charge in [-0.1, -0.05) is 53.5 Å². The quantitative estimate of drug-likeness (QED) is 0.608. The molecule has 122 valence electrons. The molecule has 0 fully saturated rings. The third kappa shape index (κ3) is 3.42. The number of carbonyl (C=O) groups is 1. The molecule has 0 aliphatic heterocycles. The molecule has 0 aliphatic rings. The van der Waals surface area contributed by atoms with Gasteiger partial charge in [0.1, 0.15) is 0 Å². The lowest BCUT2D eigenvalue weighted by atomic mass is 10.1. The number of H-pyrrole nitrogens is 1. The number of carbonyl (C=O) groups excluding carboxylic acids is 1. The monoisotopic (exact) mass is 361 g/mol. The zero-order valence-corrected chi connectivity index (χ0v) is 14.0. The lowest BCUT2D eigenvalue weighted by Gasteiger charge is -1.98. The number of aromatic hydroxyl groups is 1. The van der Waals surface area contributed by atoms with Crippen LogP contribution in [0.4, 0.5) is 5.69 Å². The SMILES string of the molecule is O=C(CCc1ccccc1)N=Nc1c(O)[nH]c2c(Cl)ccc(Cl)c12. The highest BCUT2D eigenvalue weighted by Crippen LogP contribution is 2.42. The van der Waals surface area contributed by atoms with Crippen LogP contribution in [0.1, 0.15) is 12.0 Å². The van der Waals surface area contributed by atoms with Crippen LogP contribution in [-0.2, 0) is 11.2 Å². The number of fused-ring (bicyclic) bond motifs is 1. The molecule has 1 amide bonds. The van der Waals surface area contributed by atoms with Crippen LogP contribution in [0, 0.1) is 0 Å². The summed E-state index contributed by atoms with van der Waals surface area (Å²) in [6.45, 7) is 0. The number of azo groups is 1. The molecule has 0 aliphatic carbocycles. The summed E-state index contributed by atoms with van der Waals surface area (Å²) in [5.41, 5.74) is 1.60. The number of nitrogens with zero attached hydrogens (tertiary/aromatic N) is 2. The predicted octanol–water partition coefficient (Wildman–Crippen LogP) is 5.42. The Morgan fingerprint density at radius 3 is 2.54 bits per heavy atom. The van der Waals surface area contributed by atoms with Crippen molar-refractivity contribution in [3.63, 3.8) is 0 Å². The summed E-state index contributed by atoms with van der Waals surface area (Å²) in [4.78, 5) is 14.6. The smallest absolute Gasteiger partial charge is 0.265 e. The minimum Gasteiger partial charge on any atom is -0.493 e. The lowest BCUT2D eigenvalue weighted by Crippen LogP contribution is -1.95. The molecule has 0 spiro atoms. The van der Waals surface area contributed by atoms with Crippen molar-refractivity contribution in [1.29, 1.82) is 0 Å². The molecule has 5 nitrogen and oxygen atoms in total. The summed E-state index contributed by atoms with van der Waals surface area (Å²) < 4.78 is 0. The second kappa shape index (κ2) is 7.03. The Kier molecular flexibility index (Phi) is 4.83. The summed E-state index contributed by atoms with van der Waals surface area (Å²) in [6, 6.07) is 12.8. The minimum absolute atomic E-state index is 0.102. The van der Waals surface area contributed by atoms with Gasteiger partial charge in [-0.2, -0.15) is 0 Å². The fourth-order valence-corrected chi connectivity index (χ4v) is 2.80. The van der Waals surface area contributed by atoms with Crippen LogP contribution >= 0.6 is 23.2 Å². The fraction of sp³-hybridized carbons (Fsp3) is 0.118. The van der Waals surface area contributed by atoms with E-state index in [2.05, 4.69) is 15.2 Å². The van der Waals surface area contributed by atoms with Crippen molar-refractivity contribution in [2.24, 2.45) is 10.2 Å². The highest BCUT2D eigenvalue weighted by atomic mass is 35.5. The van der Waals surface area contributed by atoms with Gasteiger partial charge in [0, 0.05) is 6.42 Å². The van der Waals surface area contributed by atoms with Crippen LogP contribution in [0.5, 0.6) is 5.88 Å². The standard InChI is InChI=1S/C17H13Cl2N3O2/c18-11-7-8-12(19)15-14(11)16(17(24)20-15)22-21-13(23)9-6-10-4-2-1-3-5-10/h1-5,7-8,20,24H,6,9H2. The van der Waals surface area contributed by atoms with E-state index < -0.39 is 0 Å². The number of aromatic amines is 1. The van der Waals surface area contributed by atoms with Gasteiger partial charge in [-0.15, -0.1) is 10.2 Å². The van der Waals surface area contributed by atoms with Gasteiger partial charge in [0.05, 0.1) is 20.9 Å². The first kappa shape index (κ1) is 16.5. The molecule has 2 N–H and O–H groups in total. The van der Waals surface area contributed by atoms with E-state index in [1.807, 2.05) is 30.3 Å². The minimum atomic E-state index is -0.384. The van der Waals surface area contributed by atoms with E-state index in [4.69, 9.17) is 23.2 Å². The van der Waals surface area contributed by atoms with E-state index >= 15 is 0 Å². The van der Waals surface area contributed by atoms with Gasteiger partial charge >= 0.3 is 0 Å². The average Bonchev–Trinajstić information content (AvgIpc) is 2.93. The Hall–Kier alpha value is -2.37. The van der Waals surface area contributed by atoms with E-state index in [0.29, 0.717) is 27.4 Å². The predicted molar refractivity (Wildman–Crippen MR) is 94.3 cm³/mol. The van der Waals surface area contributed by atoms with Crippen molar-refractivity contribution in [1.82, 2.24) is 4.98 Å². The van der Waals surface area contributed by atoms with Gasteiger partial charge in [-0.3, -0.25) is 4.79 Å². The molecule has 7 heteroatoms. The van der Waals surface area contributed by atoms with Crippen LogP contribution < -0.4 is 0 Å². The van der Waals surface area contributed by atoms with Crippen molar-refractivity contribution in [3.8, 4) is 5.88 Å². The molecule has 0 saturated carbocycles. The zero-order valence-electron chi connectivity index (χ0n) is 12.5. The number of benzene rings is 2. The van der Waals surface area contributed by atoms with E-state index in [-0.39, 0.29) is 23.9 Å².